The average Bonchev–Trinajstić information content (AvgIpc) is 3.58. The molecule has 4 nitrogen and oxygen atoms in total. The molecule has 0 spiro atoms. The maximum atomic E-state index is 14.6. The van der Waals surface area contributed by atoms with Gasteiger partial charge in [-0.2, -0.15) is 0 Å². The van der Waals surface area contributed by atoms with Gasteiger partial charge in [-0.3, -0.25) is 9.79 Å². The number of ether oxygens (including phenoxy) is 1. The van der Waals surface area contributed by atoms with Gasteiger partial charge in [0.15, 0.2) is 0 Å². The Balaban J connectivity index is 1.41. The molecule has 0 fully saturated rings. The molecular formula is C29H21F5N2O2S. The van der Waals surface area contributed by atoms with Crippen molar-refractivity contribution in [3.8, 4) is 16.9 Å². The van der Waals surface area contributed by atoms with Crippen LogP contribution in [-0.2, 0) is 11.3 Å². The molecule has 3 aromatic carbocycles. The van der Waals surface area contributed by atoms with Gasteiger partial charge in [0.05, 0.1) is 24.1 Å². The van der Waals surface area contributed by atoms with E-state index in [1.807, 2.05) is 17.5 Å². The number of amides is 1. The van der Waals surface area contributed by atoms with Gasteiger partial charge in [-0.05, 0) is 52.4 Å². The smallest absolute Gasteiger partial charge is 0.406 e. The van der Waals surface area contributed by atoms with Gasteiger partial charge in [-0.15, -0.1) is 24.5 Å². The third kappa shape index (κ3) is 6.17. The second-order valence-electron chi connectivity index (χ2n) is 8.92. The summed E-state index contributed by atoms with van der Waals surface area (Å²) in [6.45, 7) is 0.329. The predicted octanol–water partition coefficient (Wildman–Crippen LogP) is 7.46. The molecule has 2 atom stereocenters. The molecule has 1 N–H and O–H groups in total. The number of carbonyl (C=O) groups is 1. The summed E-state index contributed by atoms with van der Waals surface area (Å²) in [5, 5.41) is 4.81. The molecule has 0 bridgehead atoms. The number of hydrogen-bond acceptors (Lipinski definition) is 4. The maximum Gasteiger partial charge on any atom is 0.573 e. The highest BCUT2D eigenvalue weighted by atomic mass is 32.1. The van der Waals surface area contributed by atoms with Crippen molar-refractivity contribution in [1.82, 2.24) is 5.32 Å². The van der Waals surface area contributed by atoms with E-state index in [0.29, 0.717) is 17.7 Å². The topological polar surface area (TPSA) is 50.7 Å². The van der Waals surface area contributed by atoms with E-state index in [1.165, 1.54) is 41.7 Å². The Kier molecular flexibility index (Phi) is 7.47. The number of halogens is 5. The quantitative estimate of drug-likeness (QED) is 0.240. The zero-order chi connectivity index (χ0) is 27.6. The Morgan fingerprint density at radius 2 is 1.56 bits per heavy atom. The molecule has 10 heteroatoms. The van der Waals surface area contributed by atoms with Crippen molar-refractivity contribution in [2.24, 2.45) is 10.9 Å². The fourth-order valence-corrected chi connectivity index (χ4v) is 5.20. The van der Waals surface area contributed by atoms with Crippen LogP contribution in [0.4, 0.5) is 22.0 Å². The highest BCUT2D eigenvalue weighted by Gasteiger charge is 2.37. The predicted molar refractivity (Wildman–Crippen MR) is 138 cm³/mol. The lowest BCUT2D eigenvalue weighted by Gasteiger charge is -2.18. The van der Waals surface area contributed by atoms with Gasteiger partial charge >= 0.3 is 6.36 Å². The molecule has 0 saturated heterocycles. The van der Waals surface area contributed by atoms with E-state index >= 15 is 0 Å². The number of carbonyl (C=O) groups excluding carboxylic acids is 1. The monoisotopic (exact) mass is 556 g/mol. The van der Waals surface area contributed by atoms with Gasteiger partial charge in [-0.1, -0.05) is 48.5 Å². The normalized spacial score (nSPS) is 17.1. The highest BCUT2D eigenvalue weighted by Crippen LogP contribution is 2.38. The number of alkyl halides is 3. The molecule has 0 radical (unpaired) electrons. The lowest BCUT2D eigenvalue weighted by atomic mass is 9.90. The molecular weight excluding hydrogens is 535 g/mol. The van der Waals surface area contributed by atoms with Gasteiger partial charge in [0, 0.05) is 17.0 Å². The number of aliphatic imine (C=N–C) groups is 1. The van der Waals surface area contributed by atoms with E-state index in [0.717, 1.165) is 22.6 Å². The Hall–Kier alpha value is -4.05. The minimum atomic E-state index is -4.78. The number of nitrogens with one attached hydrogen (secondary N) is 1. The summed E-state index contributed by atoms with van der Waals surface area (Å²) in [5.74, 6) is -2.80. The van der Waals surface area contributed by atoms with E-state index < -0.39 is 30.0 Å². The van der Waals surface area contributed by atoms with Crippen LogP contribution in [0.1, 0.15) is 28.5 Å². The minimum Gasteiger partial charge on any atom is -0.406 e. The third-order valence-corrected chi connectivity index (χ3v) is 7.24. The molecule has 1 aliphatic heterocycles. The van der Waals surface area contributed by atoms with E-state index in [-0.39, 0.29) is 29.4 Å². The van der Waals surface area contributed by atoms with Crippen LogP contribution < -0.4 is 10.1 Å². The minimum absolute atomic E-state index is 0.0568. The van der Waals surface area contributed by atoms with Crippen molar-refractivity contribution in [1.29, 1.82) is 0 Å². The number of thiophene rings is 1. The number of nitrogens with zero attached hydrogens (tertiary/aromatic N) is 1. The van der Waals surface area contributed by atoms with Gasteiger partial charge < -0.3 is 10.1 Å². The Labute approximate surface area is 224 Å². The van der Waals surface area contributed by atoms with Crippen molar-refractivity contribution >= 4 is 23.0 Å². The number of rotatable bonds is 7. The standard InChI is InChI=1S/C29H21F5N2O2S/c30-23-4-1-5-24(31)26(23)25-15-22(28(37)35-16-21-3-2-14-39-21)27(36-25)19-8-6-17(7-9-19)18-10-12-20(13-11-18)38-29(32,33)34/h1-14,22,27H,15-16H2,(H,35,37). The summed E-state index contributed by atoms with van der Waals surface area (Å²) >= 11 is 1.50. The fraction of sp³-hybridized carbons (Fsp3) is 0.172. The molecule has 200 valence electrons. The Bertz CT molecular complexity index is 1460. The van der Waals surface area contributed by atoms with E-state index in [4.69, 9.17) is 0 Å². The second kappa shape index (κ2) is 11.0. The summed E-state index contributed by atoms with van der Waals surface area (Å²) in [5.41, 5.74) is 1.98. The van der Waals surface area contributed by atoms with Crippen LogP contribution in [0.2, 0.25) is 0 Å². The molecule has 5 rings (SSSR count). The van der Waals surface area contributed by atoms with Gasteiger partial charge in [0.1, 0.15) is 17.4 Å². The molecule has 2 unspecified atom stereocenters. The number of benzene rings is 3. The molecule has 2 heterocycles. The molecule has 0 aliphatic carbocycles. The lowest BCUT2D eigenvalue weighted by Crippen LogP contribution is -2.32. The van der Waals surface area contributed by atoms with E-state index in [1.54, 1.807) is 24.3 Å². The summed E-state index contributed by atoms with van der Waals surface area (Å²) in [4.78, 5) is 18.8. The lowest BCUT2D eigenvalue weighted by molar-refractivity contribution is -0.274. The largest absolute Gasteiger partial charge is 0.573 e. The molecule has 39 heavy (non-hydrogen) atoms. The van der Waals surface area contributed by atoms with Gasteiger partial charge in [0.2, 0.25) is 5.91 Å². The van der Waals surface area contributed by atoms with Gasteiger partial charge in [-0.25, -0.2) is 8.78 Å². The van der Waals surface area contributed by atoms with Crippen LogP contribution in [0.25, 0.3) is 11.1 Å². The zero-order valence-corrected chi connectivity index (χ0v) is 21.0. The molecule has 4 aromatic rings. The molecule has 1 aliphatic rings. The Morgan fingerprint density at radius 1 is 0.923 bits per heavy atom. The van der Waals surface area contributed by atoms with Crippen LogP contribution in [0.3, 0.4) is 0 Å². The first kappa shape index (κ1) is 26.6. The SMILES string of the molecule is O=C(NCc1cccs1)C1CC(c2c(F)cccc2F)=NC1c1ccc(-c2ccc(OC(F)(F)F)cc2)cc1. The first-order valence-electron chi connectivity index (χ1n) is 12.0. The second-order valence-corrected chi connectivity index (χ2v) is 9.95. The molecule has 1 aromatic heterocycles. The van der Waals surface area contributed by atoms with Crippen molar-refractivity contribution < 1.29 is 31.5 Å². The van der Waals surface area contributed by atoms with Crippen molar-refractivity contribution in [3.63, 3.8) is 0 Å². The van der Waals surface area contributed by atoms with E-state index in [9.17, 15) is 26.7 Å². The summed E-state index contributed by atoms with van der Waals surface area (Å²) in [6, 6.07) is 19.1. The van der Waals surface area contributed by atoms with Crippen LogP contribution in [-0.4, -0.2) is 18.0 Å². The third-order valence-electron chi connectivity index (χ3n) is 6.37. The first-order chi connectivity index (χ1) is 18.7. The van der Waals surface area contributed by atoms with Crippen molar-refractivity contribution in [2.45, 2.75) is 25.4 Å². The molecule has 0 saturated carbocycles. The summed E-state index contributed by atoms with van der Waals surface area (Å²) in [7, 11) is 0. The number of hydrogen-bond donors (Lipinski definition) is 1. The average molecular weight is 557 g/mol. The molecule has 1 amide bonds. The first-order valence-corrected chi connectivity index (χ1v) is 12.8. The van der Waals surface area contributed by atoms with Gasteiger partial charge in [0.25, 0.3) is 0 Å². The summed E-state index contributed by atoms with van der Waals surface area (Å²) in [6.07, 6.45) is -4.72. The fourth-order valence-electron chi connectivity index (χ4n) is 4.55. The maximum absolute atomic E-state index is 14.6. The highest BCUT2D eigenvalue weighted by molar-refractivity contribution is 7.09. The zero-order valence-electron chi connectivity index (χ0n) is 20.2. The van der Waals surface area contributed by atoms with Crippen LogP contribution in [0.5, 0.6) is 5.75 Å². The Morgan fingerprint density at radius 3 is 2.15 bits per heavy atom. The van der Waals surface area contributed by atoms with Crippen LogP contribution in [0.15, 0.2) is 89.2 Å². The van der Waals surface area contributed by atoms with Crippen molar-refractivity contribution in [3.05, 3.63) is 112 Å². The van der Waals surface area contributed by atoms with Crippen LogP contribution in [0, 0.1) is 17.6 Å². The van der Waals surface area contributed by atoms with E-state index in [2.05, 4.69) is 15.0 Å². The summed E-state index contributed by atoms with van der Waals surface area (Å²) < 4.78 is 70.4. The van der Waals surface area contributed by atoms with Crippen molar-refractivity contribution in [2.75, 3.05) is 0 Å². The van der Waals surface area contributed by atoms with Crippen LogP contribution >= 0.6 is 11.3 Å².